The molecule has 0 aliphatic rings. The van der Waals surface area contributed by atoms with Gasteiger partial charge in [-0.05, 0) is 39.0 Å². The van der Waals surface area contributed by atoms with E-state index in [1.165, 1.54) is 6.07 Å². The lowest BCUT2D eigenvalue weighted by Crippen LogP contribution is -2.45. The van der Waals surface area contributed by atoms with Crippen molar-refractivity contribution in [3.63, 3.8) is 0 Å². The summed E-state index contributed by atoms with van der Waals surface area (Å²) < 4.78 is 5.18. The van der Waals surface area contributed by atoms with Gasteiger partial charge in [0.15, 0.2) is 0 Å². The number of nitrogens with zero attached hydrogens (tertiary/aromatic N) is 1. The van der Waals surface area contributed by atoms with Crippen LogP contribution in [0.15, 0.2) is 18.2 Å². The largest absolute Gasteiger partial charge is 0.443 e. The second-order valence-corrected chi connectivity index (χ2v) is 6.29. The number of imide groups is 1. The lowest BCUT2D eigenvalue weighted by atomic mass is 10.2. The van der Waals surface area contributed by atoms with E-state index < -0.39 is 17.7 Å². The molecule has 0 spiro atoms. The fraction of sp³-hybridized carbons (Fsp3) is 0.429. The molecule has 0 heterocycles. The van der Waals surface area contributed by atoms with Gasteiger partial charge in [0.2, 0.25) is 0 Å². The number of hydrogen-bond donors (Lipinski definition) is 2. The van der Waals surface area contributed by atoms with Crippen LogP contribution in [0.4, 0.5) is 15.3 Å². The Morgan fingerprint density at radius 3 is 2.41 bits per heavy atom. The van der Waals surface area contributed by atoms with Gasteiger partial charge in [-0.1, -0.05) is 23.2 Å². The fourth-order valence-corrected chi connectivity index (χ4v) is 1.78. The van der Waals surface area contributed by atoms with Gasteiger partial charge < -0.3 is 15.8 Å². The molecule has 0 fully saturated rings. The first kappa shape index (κ1) is 18.5. The molecular formula is C14H19Cl2N3O3. The Bertz CT molecular complexity index is 559. The number of carbonyl (C=O) groups is 2. The van der Waals surface area contributed by atoms with E-state index in [-0.39, 0.29) is 13.1 Å². The smallest absolute Gasteiger partial charge is 0.418 e. The summed E-state index contributed by atoms with van der Waals surface area (Å²) in [5, 5.41) is 3.21. The van der Waals surface area contributed by atoms with Crippen molar-refractivity contribution in [1.82, 2.24) is 4.90 Å². The van der Waals surface area contributed by atoms with E-state index in [9.17, 15) is 9.59 Å². The molecule has 0 saturated heterocycles. The molecule has 0 radical (unpaired) electrons. The van der Waals surface area contributed by atoms with Crippen LogP contribution in [0.3, 0.4) is 0 Å². The lowest BCUT2D eigenvalue weighted by molar-refractivity contribution is 0.0337. The molecular weight excluding hydrogens is 329 g/mol. The number of ether oxygens (including phenoxy) is 1. The van der Waals surface area contributed by atoms with Crippen LogP contribution in [0, 0.1) is 0 Å². The molecule has 0 saturated carbocycles. The number of hydrogen-bond acceptors (Lipinski definition) is 4. The van der Waals surface area contributed by atoms with Crippen molar-refractivity contribution >= 4 is 41.0 Å². The third-order valence-corrected chi connectivity index (χ3v) is 3.12. The SMILES string of the molecule is CC(C)(C)OC(=O)N(CCN)C(=O)Nc1ccc(Cl)c(Cl)c1. The summed E-state index contributed by atoms with van der Waals surface area (Å²) in [5.41, 5.74) is 5.13. The number of carbonyl (C=O) groups excluding carboxylic acids is 2. The van der Waals surface area contributed by atoms with Gasteiger partial charge in [-0.2, -0.15) is 0 Å². The second-order valence-electron chi connectivity index (χ2n) is 5.48. The van der Waals surface area contributed by atoms with E-state index in [1.807, 2.05) is 0 Å². The minimum atomic E-state index is -0.768. The molecule has 8 heteroatoms. The van der Waals surface area contributed by atoms with Gasteiger partial charge in [0.05, 0.1) is 10.0 Å². The molecule has 22 heavy (non-hydrogen) atoms. The van der Waals surface area contributed by atoms with Crippen molar-refractivity contribution in [2.24, 2.45) is 5.73 Å². The van der Waals surface area contributed by atoms with E-state index in [4.69, 9.17) is 33.7 Å². The molecule has 0 aromatic heterocycles. The maximum Gasteiger partial charge on any atom is 0.418 e. The van der Waals surface area contributed by atoms with Gasteiger partial charge in [-0.25, -0.2) is 14.5 Å². The van der Waals surface area contributed by atoms with Crippen molar-refractivity contribution in [1.29, 1.82) is 0 Å². The Labute approximate surface area is 139 Å². The van der Waals surface area contributed by atoms with Crippen molar-refractivity contribution in [2.45, 2.75) is 26.4 Å². The molecule has 3 N–H and O–H groups in total. The zero-order valence-electron chi connectivity index (χ0n) is 12.7. The Hall–Kier alpha value is -1.50. The molecule has 0 aliphatic carbocycles. The summed E-state index contributed by atoms with van der Waals surface area (Å²) in [6.07, 6.45) is -0.768. The highest BCUT2D eigenvalue weighted by Crippen LogP contribution is 2.25. The average Bonchev–Trinajstić information content (AvgIpc) is 2.38. The maximum absolute atomic E-state index is 12.2. The Morgan fingerprint density at radius 2 is 1.91 bits per heavy atom. The minimum absolute atomic E-state index is 0.0298. The van der Waals surface area contributed by atoms with Crippen LogP contribution in [0.1, 0.15) is 20.8 Å². The van der Waals surface area contributed by atoms with Crippen molar-refractivity contribution < 1.29 is 14.3 Å². The number of nitrogens with two attached hydrogens (primary N) is 1. The first-order chi connectivity index (χ1) is 10.1. The highest BCUT2D eigenvalue weighted by molar-refractivity contribution is 6.42. The second kappa shape index (κ2) is 7.67. The number of anilines is 1. The summed E-state index contributed by atoms with van der Waals surface area (Å²) in [7, 11) is 0. The van der Waals surface area contributed by atoms with E-state index >= 15 is 0 Å². The standard InChI is InChI=1S/C14H19Cl2N3O3/c1-14(2,3)22-13(21)19(7-6-17)12(20)18-9-4-5-10(15)11(16)8-9/h4-5,8H,6-7,17H2,1-3H3,(H,18,20). The summed E-state index contributed by atoms with van der Waals surface area (Å²) in [6, 6.07) is 3.94. The normalized spacial score (nSPS) is 11.0. The quantitative estimate of drug-likeness (QED) is 0.872. The summed E-state index contributed by atoms with van der Waals surface area (Å²) in [5.74, 6) is 0. The minimum Gasteiger partial charge on any atom is -0.443 e. The molecule has 122 valence electrons. The Kier molecular flexibility index (Phi) is 6.47. The molecule has 3 amide bonds. The first-order valence-corrected chi connectivity index (χ1v) is 7.36. The number of nitrogens with one attached hydrogen (secondary N) is 1. The first-order valence-electron chi connectivity index (χ1n) is 6.60. The summed E-state index contributed by atoms with van der Waals surface area (Å²) in [4.78, 5) is 25.1. The maximum atomic E-state index is 12.2. The molecule has 1 aromatic rings. The number of halogens is 2. The van der Waals surface area contributed by atoms with Crippen LogP contribution < -0.4 is 11.1 Å². The Balaban J connectivity index is 2.84. The molecule has 1 aromatic carbocycles. The zero-order valence-corrected chi connectivity index (χ0v) is 14.2. The zero-order chi connectivity index (χ0) is 16.9. The average molecular weight is 348 g/mol. The van der Waals surface area contributed by atoms with Gasteiger partial charge in [-0.3, -0.25) is 0 Å². The molecule has 6 nitrogen and oxygen atoms in total. The van der Waals surface area contributed by atoms with Crippen LogP contribution in [0.5, 0.6) is 0 Å². The van der Waals surface area contributed by atoms with Gasteiger partial charge in [0.1, 0.15) is 5.60 Å². The van der Waals surface area contributed by atoms with Gasteiger partial charge in [-0.15, -0.1) is 0 Å². The monoisotopic (exact) mass is 347 g/mol. The third kappa shape index (κ3) is 5.71. The van der Waals surface area contributed by atoms with E-state index in [1.54, 1.807) is 32.9 Å². The lowest BCUT2D eigenvalue weighted by Gasteiger charge is -2.26. The van der Waals surface area contributed by atoms with Gasteiger partial charge in [0.25, 0.3) is 0 Å². The topological polar surface area (TPSA) is 84.7 Å². The van der Waals surface area contributed by atoms with Crippen LogP contribution in [-0.4, -0.2) is 35.7 Å². The number of benzene rings is 1. The summed E-state index contributed by atoms with van der Waals surface area (Å²) >= 11 is 11.7. The van der Waals surface area contributed by atoms with Crippen LogP contribution in [0.25, 0.3) is 0 Å². The predicted octanol–water partition coefficient (Wildman–Crippen LogP) is 3.72. The van der Waals surface area contributed by atoms with E-state index in [0.717, 1.165) is 4.90 Å². The van der Waals surface area contributed by atoms with Gasteiger partial charge >= 0.3 is 12.1 Å². The molecule has 0 bridgehead atoms. The molecule has 0 unspecified atom stereocenters. The number of rotatable bonds is 3. The van der Waals surface area contributed by atoms with Crippen LogP contribution >= 0.6 is 23.2 Å². The van der Waals surface area contributed by atoms with Crippen molar-refractivity contribution in [2.75, 3.05) is 18.4 Å². The number of amides is 3. The van der Waals surface area contributed by atoms with E-state index in [0.29, 0.717) is 15.7 Å². The van der Waals surface area contributed by atoms with E-state index in [2.05, 4.69) is 5.32 Å². The van der Waals surface area contributed by atoms with Gasteiger partial charge in [0, 0.05) is 18.8 Å². The van der Waals surface area contributed by atoms with Crippen LogP contribution in [-0.2, 0) is 4.74 Å². The Morgan fingerprint density at radius 1 is 1.27 bits per heavy atom. The van der Waals surface area contributed by atoms with Crippen molar-refractivity contribution in [3.05, 3.63) is 28.2 Å². The predicted molar refractivity (Wildman–Crippen MR) is 87.5 cm³/mol. The van der Waals surface area contributed by atoms with Crippen LogP contribution in [0.2, 0.25) is 10.0 Å². The summed E-state index contributed by atoms with van der Waals surface area (Å²) in [6.45, 7) is 5.28. The molecule has 1 rings (SSSR count). The molecule has 0 atom stereocenters. The fourth-order valence-electron chi connectivity index (χ4n) is 1.49. The highest BCUT2D eigenvalue weighted by atomic mass is 35.5. The third-order valence-electron chi connectivity index (χ3n) is 2.38. The van der Waals surface area contributed by atoms with Crippen molar-refractivity contribution in [3.8, 4) is 0 Å². The number of urea groups is 1. The molecule has 0 aliphatic heterocycles. The highest BCUT2D eigenvalue weighted by Gasteiger charge is 2.26.